The molecule has 3 aromatic carbocycles. The predicted molar refractivity (Wildman–Crippen MR) is 115 cm³/mol. The number of phenolic OH excluding ortho intramolecular Hbond substituents is 1. The molecule has 3 aromatic rings. The normalized spacial score (nSPS) is 15.1. The summed E-state index contributed by atoms with van der Waals surface area (Å²) in [5, 5.41) is 13.3. The highest BCUT2D eigenvalue weighted by Gasteiger charge is 2.37. The number of imide groups is 2. The van der Waals surface area contributed by atoms with E-state index in [2.05, 4.69) is 11.2 Å². The van der Waals surface area contributed by atoms with Gasteiger partial charge in [-0.2, -0.15) is 0 Å². The van der Waals surface area contributed by atoms with Crippen LogP contribution in [0.25, 0.3) is 16.8 Å². The van der Waals surface area contributed by atoms with Gasteiger partial charge in [0.25, 0.3) is 11.8 Å². The average Bonchev–Trinajstić information content (AvgIpc) is 2.76. The van der Waals surface area contributed by atoms with Crippen molar-refractivity contribution in [2.24, 2.45) is 0 Å². The second-order valence-electron chi connectivity index (χ2n) is 6.67. The number of benzene rings is 3. The van der Waals surface area contributed by atoms with Gasteiger partial charge in [0.2, 0.25) is 0 Å². The molecule has 0 saturated carbocycles. The second kappa shape index (κ2) is 8.05. The van der Waals surface area contributed by atoms with E-state index in [1.54, 1.807) is 6.07 Å². The van der Waals surface area contributed by atoms with E-state index in [1.165, 1.54) is 30.3 Å². The largest absolute Gasteiger partial charge is 0.508 e. The Morgan fingerprint density at radius 3 is 2.52 bits per heavy atom. The van der Waals surface area contributed by atoms with Gasteiger partial charge in [-0.15, -0.1) is 6.42 Å². The van der Waals surface area contributed by atoms with Gasteiger partial charge >= 0.3 is 6.03 Å². The summed E-state index contributed by atoms with van der Waals surface area (Å²) in [6, 6.07) is 15.6. The molecule has 31 heavy (non-hydrogen) atoms. The van der Waals surface area contributed by atoms with Crippen molar-refractivity contribution in [2.75, 3.05) is 11.5 Å². The highest BCUT2D eigenvalue weighted by Crippen LogP contribution is 2.32. The Morgan fingerprint density at radius 1 is 1.03 bits per heavy atom. The number of carbonyl (C=O) groups excluding carboxylic acids is 3. The molecule has 7 nitrogen and oxygen atoms in total. The number of terminal acetylenes is 1. The maximum atomic E-state index is 13.1. The molecular weight excluding hydrogens is 396 g/mol. The van der Waals surface area contributed by atoms with Crippen LogP contribution in [0.4, 0.5) is 10.5 Å². The fourth-order valence-corrected chi connectivity index (χ4v) is 3.31. The third kappa shape index (κ3) is 3.70. The van der Waals surface area contributed by atoms with E-state index in [9.17, 15) is 19.5 Å². The van der Waals surface area contributed by atoms with Gasteiger partial charge < -0.3 is 9.84 Å². The summed E-state index contributed by atoms with van der Waals surface area (Å²) >= 11 is 0. The average molecular weight is 412 g/mol. The molecule has 1 saturated heterocycles. The van der Waals surface area contributed by atoms with Crippen LogP contribution in [0.2, 0.25) is 0 Å². The van der Waals surface area contributed by atoms with Gasteiger partial charge in [-0.3, -0.25) is 14.9 Å². The van der Waals surface area contributed by atoms with E-state index < -0.39 is 17.8 Å². The van der Waals surface area contributed by atoms with Gasteiger partial charge in [0.15, 0.2) is 0 Å². The van der Waals surface area contributed by atoms with Gasteiger partial charge in [-0.05, 0) is 47.2 Å². The number of amides is 4. The molecule has 4 amide bonds. The molecule has 0 aliphatic carbocycles. The minimum absolute atomic E-state index is 0.00672. The number of aromatic hydroxyl groups is 1. The molecule has 0 spiro atoms. The molecule has 4 rings (SSSR count). The minimum Gasteiger partial charge on any atom is -0.508 e. The molecule has 1 heterocycles. The highest BCUT2D eigenvalue weighted by atomic mass is 16.5. The zero-order valence-corrected chi connectivity index (χ0v) is 16.2. The first-order valence-corrected chi connectivity index (χ1v) is 9.28. The quantitative estimate of drug-likeness (QED) is 0.390. The number of urea groups is 1. The van der Waals surface area contributed by atoms with Crippen LogP contribution in [-0.2, 0) is 9.59 Å². The summed E-state index contributed by atoms with van der Waals surface area (Å²) < 4.78 is 5.62. The topological polar surface area (TPSA) is 95.9 Å². The lowest BCUT2D eigenvalue weighted by atomic mass is 9.99. The molecule has 152 valence electrons. The molecule has 0 unspecified atom stereocenters. The number of ether oxygens (including phenoxy) is 1. The predicted octanol–water partition coefficient (Wildman–Crippen LogP) is 3.22. The zero-order chi connectivity index (χ0) is 22.0. The number of phenols is 1. The molecular formula is C24H16N2O5. The van der Waals surface area contributed by atoms with Crippen LogP contribution in [0.3, 0.4) is 0 Å². The van der Waals surface area contributed by atoms with Gasteiger partial charge in [-0.1, -0.05) is 36.3 Å². The van der Waals surface area contributed by atoms with Gasteiger partial charge in [0.1, 0.15) is 23.7 Å². The third-order valence-corrected chi connectivity index (χ3v) is 4.74. The van der Waals surface area contributed by atoms with Crippen molar-refractivity contribution in [1.29, 1.82) is 0 Å². The Labute approximate surface area is 177 Å². The molecule has 1 aliphatic rings. The third-order valence-electron chi connectivity index (χ3n) is 4.74. The number of nitrogens with zero attached hydrogens (tertiary/aromatic N) is 1. The number of rotatable bonds is 4. The fourth-order valence-electron chi connectivity index (χ4n) is 3.31. The van der Waals surface area contributed by atoms with E-state index in [1.807, 2.05) is 30.3 Å². The summed E-state index contributed by atoms with van der Waals surface area (Å²) in [6.45, 7) is 0.00672. The van der Waals surface area contributed by atoms with E-state index in [4.69, 9.17) is 11.2 Å². The van der Waals surface area contributed by atoms with Crippen LogP contribution in [0.15, 0.2) is 66.2 Å². The first-order valence-electron chi connectivity index (χ1n) is 9.28. The minimum atomic E-state index is -0.875. The van der Waals surface area contributed by atoms with Crippen molar-refractivity contribution in [1.82, 2.24) is 5.32 Å². The summed E-state index contributed by atoms with van der Waals surface area (Å²) in [7, 11) is 0. The summed E-state index contributed by atoms with van der Waals surface area (Å²) in [5.41, 5.74) is 0.460. The number of carbonyl (C=O) groups is 3. The second-order valence-corrected chi connectivity index (χ2v) is 6.67. The highest BCUT2D eigenvalue weighted by molar-refractivity contribution is 6.39. The van der Waals surface area contributed by atoms with Gasteiger partial charge in [-0.25, -0.2) is 9.69 Å². The molecule has 1 fully saturated rings. The van der Waals surface area contributed by atoms with E-state index in [-0.39, 0.29) is 23.6 Å². The van der Waals surface area contributed by atoms with E-state index in [0.717, 1.165) is 15.7 Å². The van der Waals surface area contributed by atoms with Crippen molar-refractivity contribution in [3.8, 4) is 23.8 Å². The van der Waals surface area contributed by atoms with Crippen molar-refractivity contribution in [3.63, 3.8) is 0 Å². The summed E-state index contributed by atoms with van der Waals surface area (Å²) in [5.74, 6) is 1.15. The monoisotopic (exact) mass is 412 g/mol. The lowest BCUT2D eigenvalue weighted by Crippen LogP contribution is -2.54. The Bertz CT molecular complexity index is 1290. The lowest BCUT2D eigenvalue weighted by molar-refractivity contribution is -0.122. The maximum Gasteiger partial charge on any atom is 0.335 e. The maximum absolute atomic E-state index is 13.1. The standard InChI is InChI=1S/C24H16N2O5/c1-2-13-31-21-12-7-15-5-3-4-6-18(15)19(21)14-20-22(28)25-24(30)26(23(20)29)16-8-10-17(27)11-9-16/h1,3-12,14,27H,13H2,(H,25,28,30)/b20-14+. The fraction of sp³-hybridized carbons (Fsp3) is 0.0417. The number of anilines is 1. The Morgan fingerprint density at radius 2 is 1.77 bits per heavy atom. The van der Waals surface area contributed by atoms with E-state index in [0.29, 0.717) is 11.3 Å². The molecule has 0 aromatic heterocycles. The number of hydrogen-bond acceptors (Lipinski definition) is 5. The molecule has 1 aliphatic heterocycles. The first kappa shape index (κ1) is 19.7. The van der Waals surface area contributed by atoms with E-state index >= 15 is 0 Å². The lowest BCUT2D eigenvalue weighted by Gasteiger charge is -2.26. The molecule has 2 N–H and O–H groups in total. The van der Waals surface area contributed by atoms with Crippen LogP contribution in [0.5, 0.6) is 11.5 Å². The van der Waals surface area contributed by atoms with Crippen molar-refractivity contribution in [2.45, 2.75) is 0 Å². The van der Waals surface area contributed by atoms with Crippen molar-refractivity contribution >= 4 is 40.4 Å². The molecule has 0 atom stereocenters. The summed E-state index contributed by atoms with van der Waals surface area (Å²) in [4.78, 5) is 38.9. The first-order chi connectivity index (χ1) is 15.0. The summed E-state index contributed by atoms with van der Waals surface area (Å²) in [6.07, 6.45) is 6.70. The number of hydrogen-bond donors (Lipinski definition) is 2. The Kier molecular flexibility index (Phi) is 5.12. The van der Waals surface area contributed by atoms with Gasteiger partial charge in [0, 0.05) is 5.56 Å². The molecule has 7 heteroatoms. The van der Waals surface area contributed by atoms with Crippen LogP contribution in [0, 0.1) is 12.3 Å². The number of nitrogens with one attached hydrogen (secondary N) is 1. The van der Waals surface area contributed by atoms with Crippen LogP contribution < -0.4 is 15.0 Å². The molecule has 0 radical (unpaired) electrons. The number of fused-ring (bicyclic) bond motifs is 1. The van der Waals surface area contributed by atoms with Crippen molar-refractivity contribution < 1.29 is 24.2 Å². The van der Waals surface area contributed by atoms with Gasteiger partial charge in [0.05, 0.1) is 5.69 Å². The molecule has 0 bridgehead atoms. The van der Waals surface area contributed by atoms with Crippen LogP contribution >= 0.6 is 0 Å². The zero-order valence-electron chi connectivity index (χ0n) is 16.2. The smallest absolute Gasteiger partial charge is 0.335 e. The number of barbiturate groups is 1. The Balaban J connectivity index is 1.85. The van der Waals surface area contributed by atoms with Crippen LogP contribution in [0.1, 0.15) is 5.56 Å². The van der Waals surface area contributed by atoms with Crippen molar-refractivity contribution in [3.05, 3.63) is 71.8 Å². The Hall–Kier alpha value is -4.57. The SMILES string of the molecule is C#CCOc1ccc2ccccc2c1/C=C1\C(=O)NC(=O)N(c2ccc(O)cc2)C1=O. The van der Waals surface area contributed by atoms with Crippen LogP contribution in [-0.4, -0.2) is 29.6 Å².